The number of hydrazine groups is 1. The number of aliphatic hydroxyl groups is 1. The van der Waals surface area contributed by atoms with Gasteiger partial charge < -0.3 is 5.11 Å². The predicted molar refractivity (Wildman–Crippen MR) is 66.6 cm³/mol. The summed E-state index contributed by atoms with van der Waals surface area (Å²) in [5.41, 5.74) is 2.21. The molecule has 0 aromatic heterocycles. The standard InChI is InChI=1S/C13H18N2O2/c1-11-4-6-12(7-5-11)14-8-2-3-13(17)15(14)9-10-16/h4-7,16H,2-3,8-10H2,1H3. The van der Waals surface area contributed by atoms with E-state index in [4.69, 9.17) is 5.11 Å². The molecule has 0 aliphatic carbocycles. The minimum absolute atomic E-state index is 0.00585. The number of aryl methyl sites for hydroxylation is 1. The molecule has 92 valence electrons. The second kappa shape index (κ2) is 5.19. The molecule has 1 N–H and O–H groups in total. The topological polar surface area (TPSA) is 43.8 Å². The third-order valence-electron chi connectivity index (χ3n) is 2.98. The fourth-order valence-corrected chi connectivity index (χ4v) is 2.09. The van der Waals surface area contributed by atoms with Crippen molar-refractivity contribution < 1.29 is 9.90 Å². The number of carbonyl (C=O) groups excluding carboxylic acids is 1. The number of β-amino-alcohol motifs (C(OH)–C–C–N with tert-alkyl or cyclic N) is 1. The van der Waals surface area contributed by atoms with Crippen LogP contribution in [0.25, 0.3) is 0 Å². The van der Waals surface area contributed by atoms with Crippen LogP contribution in [-0.4, -0.2) is 35.7 Å². The van der Waals surface area contributed by atoms with Crippen LogP contribution < -0.4 is 5.01 Å². The highest BCUT2D eigenvalue weighted by molar-refractivity contribution is 5.79. The number of aliphatic hydroxyl groups excluding tert-OH is 1. The van der Waals surface area contributed by atoms with Gasteiger partial charge in [-0.1, -0.05) is 17.7 Å². The van der Waals surface area contributed by atoms with Gasteiger partial charge in [-0.2, -0.15) is 0 Å². The Kier molecular flexibility index (Phi) is 3.64. The normalized spacial score (nSPS) is 16.5. The molecule has 1 heterocycles. The summed E-state index contributed by atoms with van der Waals surface area (Å²) in [4.78, 5) is 11.8. The van der Waals surface area contributed by atoms with E-state index in [0.717, 1.165) is 18.7 Å². The van der Waals surface area contributed by atoms with Crippen LogP contribution >= 0.6 is 0 Å². The van der Waals surface area contributed by atoms with Crippen molar-refractivity contribution in [3.05, 3.63) is 29.8 Å². The molecule has 1 aromatic carbocycles. The largest absolute Gasteiger partial charge is 0.394 e. The molecule has 1 fully saturated rings. The number of rotatable bonds is 3. The average Bonchev–Trinajstić information content (AvgIpc) is 2.33. The Labute approximate surface area is 101 Å². The Morgan fingerprint density at radius 2 is 2.00 bits per heavy atom. The fraction of sp³-hybridized carbons (Fsp3) is 0.462. The second-order valence-corrected chi connectivity index (χ2v) is 4.30. The third kappa shape index (κ3) is 2.58. The molecule has 1 saturated heterocycles. The zero-order chi connectivity index (χ0) is 12.3. The third-order valence-corrected chi connectivity index (χ3v) is 2.98. The smallest absolute Gasteiger partial charge is 0.241 e. The first kappa shape index (κ1) is 11.9. The van der Waals surface area contributed by atoms with E-state index < -0.39 is 0 Å². The number of carbonyl (C=O) groups is 1. The van der Waals surface area contributed by atoms with Gasteiger partial charge in [0.05, 0.1) is 18.8 Å². The lowest BCUT2D eigenvalue weighted by molar-refractivity contribution is -0.134. The van der Waals surface area contributed by atoms with Crippen molar-refractivity contribution in [3.63, 3.8) is 0 Å². The first-order chi connectivity index (χ1) is 8.22. The number of amides is 1. The van der Waals surface area contributed by atoms with Gasteiger partial charge in [0.25, 0.3) is 0 Å². The maximum atomic E-state index is 11.8. The van der Waals surface area contributed by atoms with Crippen LogP contribution in [0.4, 0.5) is 5.69 Å². The van der Waals surface area contributed by atoms with Crippen molar-refractivity contribution in [2.24, 2.45) is 0 Å². The van der Waals surface area contributed by atoms with Crippen LogP contribution in [0.2, 0.25) is 0 Å². The number of benzene rings is 1. The van der Waals surface area contributed by atoms with Gasteiger partial charge in [0, 0.05) is 13.0 Å². The quantitative estimate of drug-likeness (QED) is 0.858. The van der Waals surface area contributed by atoms with Gasteiger partial charge in [-0.05, 0) is 25.5 Å². The van der Waals surface area contributed by atoms with Gasteiger partial charge in [0.2, 0.25) is 5.91 Å². The molecule has 0 atom stereocenters. The minimum atomic E-state index is -0.00585. The molecule has 0 unspecified atom stereocenters. The predicted octanol–water partition coefficient (Wildman–Crippen LogP) is 1.33. The van der Waals surface area contributed by atoms with E-state index in [1.807, 2.05) is 36.2 Å². The van der Waals surface area contributed by atoms with Crippen LogP contribution in [0.3, 0.4) is 0 Å². The van der Waals surface area contributed by atoms with E-state index in [-0.39, 0.29) is 12.5 Å². The SMILES string of the molecule is Cc1ccc(N2CCCC(=O)N2CCO)cc1. The van der Waals surface area contributed by atoms with Crippen LogP contribution in [-0.2, 0) is 4.79 Å². The molecule has 0 bridgehead atoms. The van der Waals surface area contributed by atoms with Gasteiger partial charge in [0.15, 0.2) is 0 Å². The first-order valence-electron chi connectivity index (χ1n) is 5.97. The molecule has 2 rings (SSSR count). The van der Waals surface area contributed by atoms with Crippen molar-refractivity contribution in [3.8, 4) is 0 Å². The molecule has 1 aromatic rings. The van der Waals surface area contributed by atoms with Gasteiger partial charge >= 0.3 is 0 Å². The van der Waals surface area contributed by atoms with E-state index in [0.29, 0.717) is 13.0 Å². The van der Waals surface area contributed by atoms with Crippen molar-refractivity contribution in [1.29, 1.82) is 0 Å². The molecule has 0 radical (unpaired) electrons. The number of nitrogens with zero attached hydrogens (tertiary/aromatic N) is 2. The summed E-state index contributed by atoms with van der Waals surface area (Å²) in [7, 11) is 0. The Hall–Kier alpha value is -1.55. The summed E-state index contributed by atoms with van der Waals surface area (Å²) in [6.45, 7) is 3.23. The molecular formula is C13H18N2O2. The van der Waals surface area contributed by atoms with Crippen LogP contribution in [0.15, 0.2) is 24.3 Å². The molecule has 4 heteroatoms. The summed E-state index contributed by atoms with van der Waals surface area (Å²) >= 11 is 0. The zero-order valence-corrected chi connectivity index (χ0v) is 10.1. The lowest BCUT2D eigenvalue weighted by Crippen LogP contribution is -2.51. The number of anilines is 1. The Morgan fingerprint density at radius 3 is 2.65 bits per heavy atom. The number of hydrogen-bond acceptors (Lipinski definition) is 3. The summed E-state index contributed by atoms with van der Waals surface area (Å²) in [5, 5.41) is 12.6. The lowest BCUT2D eigenvalue weighted by atomic mass is 10.2. The van der Waals surface area contributed by atoms with Gasteiger partial charge in [-0.25, -0.2) is 0 Å². The van der Waals surface area contributed by atoms with Crippen LogP contribution in [0.5, 0.6) is 0 Å². The Balaban J connectivity index is 2.21. The minimum Gasteiger partial charge on any atom is -0.394 e. The van der Waals surface area contributed by atoms with Crippen molar-refractivity contribution in [2.45, 2.75) is 19.8 Å². The van der Waals surface area contributed by atoms with E-state index in [1.54, 1.807) is 5.01 Å². The van der Waals surface area contributed by atoms with Crippen molar-refractivity contribution >= 4 is 11.6 Å². The maximum absolute atomic E-state index is 11.8. The highest BCUT2D eigenvalue weighted by Gasteiger charge is 2.25. The second-order valence-electron chi connectivity index (χ2n) is 4.30. The van der Waals surface area contributed by atoms with E-state index in [1.165, 1.54) is 5.56 Å². The monoisotopic (exact) mass is 234 g/mol. The molecule has 4 nitrogen and oxygen atoms in total. The zero-order valence-electron chi connectivity index (χ0n) is 10.1. The molecular weight excluding hydrogens is 216 g/mol. The van der Waals surface area contributed by atoms with Crippen LogP contribution in [0.1, 0.15) is 18.4 Å². The summed E-state index contributed by atoms with van der Waals surface area (Å²) in [5.74, 6) is 0.0888. The Morgan fingerprint density at radius 1 is 1.29 bits per heavy atom. The maximum Gasteiger partial charge on any atom is 0.241 e. The highest BCUT2D eigenvalue weighted by Crippen LogP contribution is 2.22. The molecule has 1 aliphatic heterocycles. The van der Waals surface area contributed by atoms with E-state index in [2.05, 4.69) is 0 Å². The van der Waals surface area contributed by atoms with Gasteiger partial charge in [-0.3, -0.25) is 14.8 Å². The van der Waals surface area contributed by atoms with Gasteiger partial charge in [-0.15, -0.1) is 0 Å². The fourth-order valence-electron chi connectivity index (χ4n) is 2.09. The molecule has 0 spiro atoms. The average molecular weight is 234 g/mol. The van der Waals surface area contributed by atoms with Crippen LogP contribution in [0, 0.1) is 6.92 Å². The van der Waals surface area contributed by atoms with E-state index >= 15 is 0 Å². The molecule has 17 heavy (non-hydrogen) atoms. The lowest BCUT2D eigenvalue weighted by Gasteiger charge is -2.39. The molecule has 0 saturated carbocycles. The highest BCUT2D eigenvalue weighted by atomic mass is 16.3. The van der Waals surface area contributed by atoms with E-state index in [9.17, 15) is 4.79 Å². The summed E-state index contributed by atoms with van der Waals surface area (Å²) < 4.78 is 0. The number of hydrogen-bond donors (Lipinski definition) is 1. The molecule has 1 aliphatic rings. The summed E-state index contributed by atoms with van der Waals surface area (Å²) in [6.07, 6.45) is 1.44. The van der Waals surface area contributed by atoms with Gasteiger partial charge in [0.1, 0.15) is 0 Å². The van der Waals surface area contributed by atoms with Crippen molar-refractivity contribution in [2.75, 3.05) is 24.7 Å². The van der Waals surface area contributed by atoms with Crippen molar-refractivity contribution in [1.82, 2.24) is 5.01 Å². The first-order valence-corrected chi connectivity index (χ1v) is 5.97. The summed E-state index contributed by atoms with van der Waals surface area (Å²) in [6, 6.07) is 8.09. The molecule has 1 amide bonds. The Bertz CT molecular complexity index is 389.